The van der Waals surface area contributed by atoms with Gasteiger partial charge in [-0.05, 0) is 24.3 Å². The number of amides is 1. The molecular weight excluding hydrogens is 286 g/mol. The number of thiol groups is 1. The van der Waals surface area contributed by atoms with Gasteiger partial charge in [0.1, 0.15) is 5.92 Å². The number of carbonyl (C=O) groups is 2. The average molecular weight is 309 g/mol. The first kappa shape index (κ1) is 17.6. The number of aliphatic carboxylic acids is 1. The Labute approximate surface area is 131 Å². The molecule has 2 atom stereocenters. The van der Waals surface area contributed by atoms with Crippen LogP contribution in [0.4, 0.5) is 0 Å². The summed E-state index contributed by atoms with van der Waals surface area (Å²) in [5.74, 6) is -1.87. The van der Waals surface area contributed by atoms with Gasteiger partial charge in [-0.1, -0.05) is 44.2 Å². The molecule has 0 saturated carbocycles. The largest absolute Gasteiger partial charge is 0.481 e. The molecule has 1 aromatic rings. The molecule has 0 spiro atoms. The lowest BCUT2D eigenvalue weighted by atomic mass is 9.96. The second-order valence-corrected chi connectivity index (χ2v) is 5.96. The maximum Gasteiger partial charge on any atom is 0.316 e. The highest BCUT2D eigenvalue weighted by atomic mass is 32.1. The smallest absolute Gasteiger partial charge is 0.316 e. The van der Waals surface area contributed by atoms with E-state index in [0.29, 0.717) is 18.6 Å². The molecule has 1 rings (SSSR count). The Kier molecular flexibility index (Phi) is 7.29. The molecular formula is C16H23NO3S. The van der Waals surface area contributed by atoms with Crippen LogP contribution in [0.2, 0.25) is 0 Å². The third-order valence-electron chi connectivity index (χ3n) is 3.21. The van der Waals surface area contributed by atoms with E-state index in [1.165, 1.54) is 0 Å². The maximum absolute atomic E-state index is 12.2. The highest BCUT2D eigenvalue weighted by molar-refractivity contribution is 7.80. The molecule has 0 unspecified atom stereocenters. The molecule has 116 valence electrons. The van der Waals surface area contributed by atoms with Crippen molar-refractivity contribution in [2.75, 3.05) is 5.75 Å². The lowest BCUT2D eigenvalue weighted by Gasteiger charge is -2.20. The number of hydrogen-bond donors (Lipinski definition) is 3. The van der Waals surface area contributed by atoms with E-state index in [1.807, 2.05) is 44.2 Å². The first-order valence-corrected chi connectivity index (χ1v) is 7.75. The van der Waals surface area contributed by atoms with Crippen molar-refractivity contribution in [3.63, 3.8) is 0 Å². The summed E-state index contributed by atoms with van der Waals surface area (Å²) in [6, 6.07) is 9.59. The van der Waals surface area contributed by atoms with Crippen LogP contribution in [0, 0.1) is 11.8 Å². The van der Waals surface area contributed by atoms with Gasteiger partial charge in [-0.3, -0.25) is 9.59 Å². The van der Waals surface area contributed by atoms with Crippen LogP contribution in [0.5, 0.6) is 0 Å². The van der Waals surface area contributed by atoms with E-state index < -0.39 is 17.8 Å². The standard InChI is InChI=1S/C16H23NO3S/c1-11(2)8-14(16(19)20)15(18)17-13(10-21)9-12-6-4-3-5-7-12/h3-7,11,13-14,21H,8-10H2,1-2H3,(H,17,18)(H,19,20)/t13-,14-/m0/s1. The van der Waals surface area contributed by atoms with Gasteiger partial charge in [-0.25, -0.2) is 0 Å². The summed E-state index contributed by atoms with van der Waals surface area (Å²) in [4.78, 5) is 23.4. The Bertz CT molecular complexity index is 462. The molecule has 0 saturated heterocycles. The second kappa shape index (κ2) is 8.72. The van der Waals surface area contributed by atoms with Crippen molar-refractivity contribution in [1.29, 1.82) is 0 Å². The number of benzene rings is 1. The second-order valence-electron chi connectivity index (χ2n) is 5.60. The van der Waals surface area contributed by atoms with E-state index in [-0.39, 0.29) is 12.0 Å². The van der Waals surface area contributed by atoms with E-state index in [1.54, 1.807) is 0 Å². The van der Waals surface area contributed by atoms with Crippen LogP contribution in [-0.2, 0) is 16.0 Å². The Balaban J connectivity index is 2.66. The van der Waals surface area contributed by atoms with Gasteiger partial charge < -0.3 is 10.4 Å². The Morgan fingerprint density at radius 2 is 1.86 bits per heavy atom. The first-order chi connectivity index (χ1) is 9.93. The van der Waals surface area contributed by atoms with Crippen LogP contribution in [0.1, 0.15) is 25.8 Å². The van der Waals surface area contributed by atoms with Gasteiger partial charge >= 0.3 is 5.97 Å². The molecule has 0 aliphatic heterocycles. The van der Waals surface area contributed by atoms with Crippen LogP contribution < -0.4 is 5.32 Å². The summed E-state index contributed by atoms with van der Waals surface area (Å²) in [7, 11) is 0. The van der Waals surface area contributed by atoms with E-state index in [0.717, 1.165) is 5.56 Å². The van der Waals surface area contributed by atoms with Crippen LogP contribution in [0.15, 0.2) is 30.3 Å². The number of carboxylic acids is 1. The maximum atomic E-state index is 12.2. The first-order valence-electron chi connectivity index (χ1n) is 7.12. The third kappa shape index (κ3) is 6.21. The van der Waals surface area contributed by atoms with E-state index in [4.69, 9.17) is 0 Å². The highest BCUT2D eigenvalue weighted by Gasteiger charge is 2.28. The van der Waals surface area contributed by atoms with Gasteiger partial charge in [-0.2, -0.15) is 12.6 Å². The fourth-order valence-electron chi connectivity index (χ4n) is 2.15. The molecule has 21 heavy (non-hydrogen) atoms. The van der Waals surface area contributed by atoms with E-state index in [2.05, 4.69) is 17.9 Å². The molecule has 0 aliphatic carbocycles. The Morgan fingerprint density at radius 3 is 2.33 bits per heavy atom. The van der Waals surface area contributed by atoms with Gasteiger partial charge in [0.15, 0.2) is 0 Å². The zero-order valence-electron chi connectivity index (χ0n) is 12.5. The van der Waals surface area contributed by atoms with Crippen molar-refractivity contribution in [3.05, 3.63) is 35.9 Å². The molecule has 1 amide bonds. The summed E-state index contributed by atoms with van der Waals surface area (Å²) in [5.41, 5.74) is 1.09. The van der Waals surface area contributed by atoms with Crippen molar-refractivity contribution < 1.29 is 14.7 Å². The van der Waals surface area contributed by atoms with Crippen molar-refractivity contribution >= 4 is 24.5 Å². The van der Waals surface area contributed by atoms with Crippen LogP contribution >= 0.6 is 12.6 Å². The number of carbonyl (C=O) groups excluding carboxylic acids is 1. The fraction of sp³-hybridized carbons (Fsp3) is 0.500. The van der Waals surface area contributed by atoms with Crippen LogP contribution in [0.3, 0.4) is 0 Å². The normalized spacial score (nSPS) is 13.7. The monoisotopic (exact) mass is 309 g/mol. The molecule has 5 heteroatoms. The topological polar surface area (TPSA) is 66.4 Å². The fourth-order valence-corrected chi connectivity index (χ4v) is 2.37. The van der Waals surface area contributed by atoms with Crippen LogP contribution in [0.25, 0.3) is 0 Å². The molecule has 1 aromatic carbocycles. The zero-order chi connectivity index (χ0) is 15.8. The van der Waals surface area contributed by atoms with Crippen molar-refractivity contribution in [3.8, 4) is 0 Å². The number of rotatable bonds is 8. The van der Waals surface area contributed by atoms with Crippen molar-refractivity contribution in [1.82, 2.24) is 5.32 Å². The van der Waals surface area contributed by atoms with Gasteiger partial charge in [0, 0.05) is 11.8 Å². The van der Waals surface area contributed by atoms with Gasteiger partial charge in [0.05, 0.1) is 0 Å². The highest BCUT2D eigenvalue weighted by Crippen LogP contribution is 2.13. The molecule has 2 N–H and O–H groups in total. The summed E-state index contributed by atoms with van der Waals surface area (Å²) >= 11 is 4.25. The number of carboxylic acid groups (broad SMARTS) is 1. The number of nitrogens with one attached hydrogen (secondary N) is 1. The molecule has 0 fully saturated rings. The summed E-state index contributed by atoms with van der Waals surface area (Å²) in [6.45, 7) is 3.81. The van der Waals surface area contributed by atoms with Gasteiger partial charge in [0.2, 0.25) is 5.91 Å². The minimum absolute atomic E-state index is 0.153. The Hall–Kier alpha value is -1.49. The molecule has 0 bridgehead atoms. The predicted molar refractivity (Wildman–Crippen MR) is 86.5 cm³/mol. The van der Waals surface area contributed by atoms with E-state index >= 15 is 0 Å². The summed E-state index contributed by atoms with van der Waals surface area (Å²) in [6.07, 6.45) is 0.982. The minimum atomic E-state index is -1.07. The average Bonchev–Trinajstić information content (AvgIpc) is 2.44. The van der Waals surface area contributed by atoms with Gasteiger partial charge in [-0.15, -0.1) is 0 Å². The summed E-state index contributed by atoms with van der Waals surface area (Å²) < 4.78 is 0. The predicted octanol–water partition coefficient (Wildman–Crippen LogP) is 2.39. The quantitative estimate of drug-likeness (QED) is 0.510. The SMILES string of the molecule is CC(C)C[C@H](C(=O)O)C(=O)N[C@H](CS)Cc1ccccc1. The number of hydrogen-bond acceptors (Lipinski definition) is 3. The lowest BCUT2D eigenvalue weighted by Crippen LogP contribution is -2.44. The lowest BCUT2D eigenvalue weighted by molar-refractivity contribution is -0.147. The third-order valence-corrected chi connectivity index (χ3v) is 3.65. The molecule has 0 aliphatic rings. The molecule has 4 nitrogen and oxygen atoms in total. The minimum Gasteiger partial charge on any atom is -0.481 e. The molecule has 0 aromatic heterocycles. The zero-order valence-corrected chi connectivity index (χ0v) is 13.3. The van der Waals surface area contributed by atoms with Gasteiger partial charge in [0.25, 0.3) is 0 Å². The molecule has 0 heterocycles. The Morgan fingerprint density at radius 1 is 1.24 bits per heavy atom. The summed E-state index contributed by atoms with van der Waals surface area (Å²) in [5, 5.41) is 12.0. The van der Waals surface area contributed by atoms with E-state index in [9.17, 15) is 14.7 Å². The molecule has 0 radical (unpaired) electrons. The van der Waals surface area contributed by atoms with Crippen molar-refractivity contribution in [2.45, 2.75) is 32.7 Å². The van der Waals surface area contributed by atoms with Crippen molar-refractivity contribution in [2.24, 2.45) is 11.8 Å². The van der Waals surface area contributed by atoms with Crippen LogP contribution in [-0.4, -0.2) is 28.8 Å².